The van der Waals surface area contributed by atoms with Crippen molar-refractivity contribution in [2.24, 2.45) is 0 Å². The molecule has 0 aliphatic carbocycles. The Labute approximate surface area is 140 Å². The van der Waals surface area contributed by atoms with Crippen molar-refractivity contribution < 1.29 is 23.1 Å². The fourth-order valence-electron chi connectivity index (χ4n) is 2.06. The van der Waals surface area contributed by atoms with Gasteiger partial charge in [0.2, 0.25) is 15.9 Å². The van der Waals surface area contributed by atoms with Gasteiger partial charge >= 0.3 is 5.97 Å². The van der Waals surface area contributed by atoms with Gasteiger partial charge in [-0.1, -0.05) is 12.1 Å². The number of sulfonamides is 1. The number of carbonyl (C=O) groups excluding carboxylic acids is 1. The molecule has 130 valence electrons. The number of amides is 1. The number of hydrogen-bond donors (Lipinski definition) is 2. The highest BCUT2D eigenvalue weighted by Crippen LogP contribution is 2.15. The van der Waals surface area contributed by atoms with E-state index in [1.807, 2.05) is 6.07 Å². The van der Waals surface area contributed by atoms with Crippen LogP contribution in [-0.2, 0) is 25.4 Å². The van der Waals surface area contributed by atoms with Gasteiger partial charge in [0.05, 0.1) is 17.4 Å². The Hall–Kier alpha value is -2.44. The molecule has 0 spiro atoms. The van der Waals surface area contributed by atoms with Crippen molar-refractivity contribution in [2.45, 2.75) is 25.6 Å². The molecule has 0 saturated heterocycles. The molecule has 1 atom stereocenters. The van der Waals surface area contributed by atoms with Gasteiger partial charge in [-0.05, 0) is 24.6 Å². The molecule has 9 heteroatoms. The molecule has 1 unspecified atom stereocenters. The van der Waals surface area contributed by atoms with E-state index in [9.17, 15) is 18.0 Å². The van der Waals surface area contributed by atoms with E-state index in [0.717, 1.165) is 4.31 Å². The Kier molecular flexibility index (Phi) is 6.88. The number of nitrogens with zero attached hydrogens (tertiary/aromatic N) is 2. The molecule has 0 fully saturated rings. The normalized spacial score (nSPS) is 12.4. The summed E-state index contributed by atoms with van der Waals surface area (Å²) in [6.45, 7) is 2.39. The molecule has 0 bridgehead atoms. The molecule has 0 aliphatic heterocycles. The van der Waals surface area contributed by atoms with Crippen molar-refractivity contribution in [1.29, 1.82) is 5.26 Å². The van der Waals surface area contributed by atoms with Crippen molar-refractivity contribution in [3.63, 3.8) is 0 Å². The lowest BCUT2D eigenvalue weighted by atomic mass is 10.2. The monoisotopic (exact) mass is 353 g/mol. The van der Waals surface area contributed by atoms with Crippen LogP contribution in [0.3, 0.4) is 0 Å². The first-order chi connectivity index (χ1) is 11.2. The van der Waals surface area contributed by atoms with E-state index in [1.54, 1.807) is 18.2 Å². The zero-order valence-corrected chi connectivity index (χ0v) is 14.2. The van der Waals surface area contributed by atoms with Crippen LogP contribution in [0, 0.1) is 11.3 Å². The van der Waals surface area contributed by atoms with Crippen LogP contribution in [0.5, 0.6) is 0 Å². The minimum atomic E-state index is -3.95. The smallest absolute Gasteiger partial charge is 0.321 e. The fraction of sp³-hybridized carbons (Fsp3) is 0.400. The van der Waals surface area contributed by atoms with Crippen molar-refractivity contribution >= 4 is 21.9 Å². The number of nitrogens with one attached hydrogen (secondary N) is 1. The number of rotatable bonds is 8. The van der Waals surface area contributed by atoms with Gasteiger partial charge in [0.15, 0.2) is 0 Å². The summed E-state index contributed by atoms with van der Waals surface area (Å²) < 4.78 is 26.0. The summed E-state index contributed by atoms with van der Waals surface area (Å²) in [5.74, 6) is -2.05. The third kappa shape index (κ3) is 5.64. The summed E-state index contributed by atoms with van der Waals surface area (Å²) in [7, 11) is -3.95. The number of carbonyl (C=O) groups is 2. The predicted molar refractivity (Wildman–Crippen MR) is 86.3 cm³/mol. The minimum Gasteiger partial charge on any atom is -0.480 e. The third-order valence-corrected chi connectivity index (χ3v) is 5.17. The van der Waals surface area contributed by atoms with Gasteiger partial charge in [-0.15, -0.1) is 0 Å². The van der Waals surface area contributed by atoms with Crippen LogP contribution in [0.15, 0.2) is 24.3 Å². The van der Waals surface area contributed by atoms with Gasteiger partial charge in [0.25, 0.3) is 0 Å². The molecule has 0 aromatic heterocycles. The number of hydrogen-bond acceptors (Lipinski definition) is 5. The van der Waals surface area contributed by atoms with Gasteiger partial charge in [0, 0.05) is 20.0 Å². The molecule has 8 nitrogen and oxygen atoms in total. The molecule has 24 heavy (non-hydrogen) atoms. The second-order valence-electron chi connectivity index (χ2n) is 5.18. The van der Waals surface area contributed by atoms with Crippen LogP contribution < -0.4 is 5.32 Å². The summed E-state index contributed by atoms with van der Waals surface area (Å²) in [5.41, 5.74) is 0.704. The van der Waals surface area contributed by atoms with Gasteiger partial charge < -0.3 is 10.4 Å². The molecule has 0 radical (unpaired) electrons. The fourth-order valence-corrected chi connectivity index (χ4v) is 3.77. The Morgan fingerprint density at radius 2 is 2.08 bits per heavy atom. The van der Waals surface area contributed by atoms with Crippen molar-refractivity contribution in [3.05, 3.63) is 35.4 Å². The number of benzene rings is 1. The minimum absolute atomic E-state index is 0.00438. The van der Waals surface area contributed by atoms with E-state index >= 15 is 0 Å². The largest absolute Gasteiger partial charge is 0.480 e. The van der Waals surface area contributed by atoms with Crippen LogP contribution in [0.1, 0.15) is 25.0 Å². The molecule has 1 aromatic rings. The quantitative estimate of drug-likeness (QED) is 0.692. The number of carboxylic acids is 1. The van der Waals surface area contributed by atoms with Gasteiger partial charge in [-0.25, -0.2) is 8.42 Å². The second kappa shape index (κ2) is 8.42. The Bertz CT molecular complexity index is 755. The van der Waals surface area contributed by atoms with Crippen LogP contribution in [0.25, 0.3) is 0 Å². The summed E-state index contributed by atoms with van der Waals surface area (Å²) in [6, 6.07) is 6.74. The van der Waals surface area contributed by atoms with Gasteiger partial charge in [0.1, 0.15) is 6.04 Å². The zero-order valence-electron chi connectivity index (χ0n) is 13.4. The van der Waals surface area contributed by atoms with E-state index in [-0.39, 0.29) is 19.0 Å². The molecule has 1 amide bonds. The average Bonchev–Trinajstić information content (AvgIpc) is 2.50. The van der Waals surface area contributed by atoms with Gasteiger partial charge in [-0.2, -0.15) is 9.57 Å². The average molecular weight is 353 g/mol. The van der Waals surface area contributed by atoms with E-state index in [1.165, 1.54) is 19.9 Å². The standard InChI is InChI=1S/C15H19N3O5S/c1-11(15(20)21)18(7-6-17-12(2)19)24(22,23)10-14-5-3-4-13(8-14)9-16/h3-5,8,11H,6-7,10H2,1-2H3,(H,17,19)(H,20,21). The maximum Gasteiger partial charge on any atom is 0.321 e. The lowest BCUT2D eigenvalue weighted by Gasteiger charge is -2.25. The third-order valence-electron chi connectivity index (χ3n) is 3.26. The molecule has 0 aliphatic rings. The lowest BCUT2D eigenvalue weighted by Crippen LogP contribution is -2.47. The first-order valence-electron chi connectivity index (χ1n) is 7.13. The van der Waals surface area contributed by atoms with E-state index in [0.29, 0.717) is 11.1 Å². The maximum atomic E-state index is 12.6. The SMILES string of the molecule is CC(=O)NCCN(C(C)C(=O)O)S(=O)(=O)Cc1cccc(C#N)c1. The Morgan fingerprint density at radius 3 is 2.62 bits per heavy atom. The Balaban J connectivity index is 3.02. The molecule has 0 saturated carbocycles. The molecule has 1 aromatic carbocycles. The summed E-state index contributed by atoms with van der Waals surface area (Å²) >= 11 is 0. The molecular weight excluding hydrogens is 334 g/mol. The number of aliphatic carboxylic acids is 1. The van der Waals surface area contributed by atoms with Crippen LogP contribution >= 0.6 is 0 Å². The summed E-state index contributed by atoms with van der Waals surface area (Å²) in [5, 5.41) is 20.4. The molecule has 0 heterocycles. The predicted octanol–water partition coefficient (Wildman–Crippen LogP) is 0.299. The molecule has 2 N–H and O–H groups in total. The van der Waals surface area contributed by atoms with Crippen molar-refractivity contribution in [3.8, 4) is 6.07 Å². The highest BCUT2D eigenvalue weighted by atomic mass is 32.2. The van der Waals surface area contributed by atoms with Crippen molar-refractivity contribution in [2.75, 3.05) is 13.1 Å². The summed E-state index contributed by atoms with van der Waals surface area (Å²) in [6.07, 6.45) is 0. The second-order valence-corrected chi connectivity index (χ2v) is 7.10. The maximum absolute atomic E-state index is 12.6. The van der Waals surface area contributed by atoms with Crippen LogP contribution in [0.2, 0.25) is 0 Å². The topological polar surface area (TPSA) is 128 Å². The Morgan fingerprint density at radius 1 is 1.42 bits per heavy atom. The zero-order chi connectivity index (χ0) is 18.3. The molecule has 1 rings (SSSR count). The van der Waals surface area contributed by atoms with Crippen molar-refractivity contribution in [1.82, 2.24) is 9.62 Å². The first-order valence-corrected chi connectivity index (χ1v) is 8.74. The highest BCUT2D eigenvalue weighted by molar-refractivity contribution is 7.88. The number of carboxylic acid groups (broad SMARTS) is 1. The van der Waals surface area contributed by atoms with Crippen LogP contribution in [-0.4, -0.2) is 48.8 Å². The highest BCUT2D eigenvalue weighted by Gasteiger charge is 2.31. The number of nitriles is 1. The lowest BCUT2D eigenvalue weighted by molar-refractivity contribution is -0.140. The summed E-state index contributed by atoms with van der Waals surface area (Å²) in [4.78, 5) is 22.1. The van der Waals surface area contributed by atoms with Crippen LogP contribution in [0.4, 0.5) is 0 Å². The molecular formula is C15H19N3O5S. The van der Waals surface area contributed by atoms with E-state index in [4.69, 9.17) is 10.4 Å². The van der Waals surface area contributed by atoms with Gasteiger partial charge in [-0.3, -0.25) is 9.59 Å². The van der Waals surface area contributed by atoms with E-state index in [2.05, 4.69) is 5.32 Å². The van der Waals surface area contributed by atoms with E-state index < -0.39 is 27.8 Å². The first kappa shape index (κ1) is 19.6.